The van der Waals surface area contributed by atoms with Crippen LogP contribution in [0.1, 0.15) is 36.4 Å². The average molecular weight is 708 g/mol. The van der Waals surface area contributed by atoms with Crippen LogP contribution in [0.15, 0.2) is 167 Å². The number of fused-ring (bicyclic) bond motifs is 7. The second-order valence-corrected chi connectivity index (χ2v) is 14.4. The fraction of sp³-hybridized carbons (Fsp3) is 0.0600. The molecule has 0 spiro atoms. The molecule has 0 fully saturated rings. The van der Waals surface area contributed by atoms with Crippen molar-refractivity contribution in [2.45, 2.75) is 19.3 Å². The third-order valence-corrected chi connectivity index (χ3v) is 11.0. The molecule has 11 rings (SSSR count). The third kappa shape index (κ3) is 5.19. The summed E-state index contributed by atoms with van der Waals surface area (Å²) < 4.78 is 13.1. The minimum Gasteiger partial charge on any atom is -0.456 e. The Morgan fingerprint density at radius 1 is 0.491 bits per heavy atom. The van der Waals surface area contributed by atoms with Crippen LogP contribution in [-0.4, -0.2) is 15.0 Å². The largest absolute Gasteiger partial charge is 0.456 e. The molecule has 10 aromatic rings. The topological polar surface area (TPSA) is 65.0 Å². The number of hydrogen-bond acceptors (Lipinski definition) is 5. The van der Waals surface area contributed by atoms with Gasteiger partial charge < -0.3 is 8.83 Å². The minimum atomic E-state index is 0.234. The zero-order chi connectivity index (χ0) is 36.5. The molecule has 7 aromatic carbocycles. The molecule has 1 unspecified atom stereocenters. The SMILES string of the molecule is CC1CC(c2nc(-c3ccccc3)nc(-c3ccccc3-c3cccc4oc5c(-c6ccc7ccccc7c6)cccc5c34)n2)=Cc2oc3ccccc3c21. The summed E-state index contributed by atoms with van der Waals surface area (Å²) >= 11 is 0. The van der Waals surface area contributed by atoms with Gasteiger partial charge in [-0.05, 0) is 64.1 Å². The first-order valence-corrected chi connectivity index (χ1v) is 18.7. The zero-order valence-electron chi connectivity index (χ0n) is 30.0. The van der Waals surface area contributed by atoms with Crippen molar-refractivity contribution in [2.24, 2.45) is 0 Å². The standard InChI is InChI=1S/C50H33N3O2/c1-30-27-35(29-44-45(30)40-19-9-10-23-42(40)54-44)49-51-48(32-14-3-2-4-15-32)52-50(53-49)39-18-8-7-17-37(39)38-21-12-24-43-46(38)41-22-11-20-36(47(41)55-43)34-26-25-31-13-5-6-16-33(31)28-34/h2-26,28-30H,27H2,1H3. The van der Waals surface area contributed by atoms with E-state index in [2.05, 4.69) is 140 Å². The van der Waals surface area contributed by atoms with Crippen molar-refractivity contribution in [1.29, 1.82) is 0 Å². The summed E-state index contributed by atoms with van der Waals surface area (Å²) in [5, 5.41) is 5.71. The van der Waals surface area contributed by atoms with Crippen LogP contribution in [0.2, 0.25) is 0 Å². The molecule has 5 heteroatoms. The summed E-state index contributed by atoms with van der Waals surface area (Å²) in [7, 11) is 0. The van der Waals surface area contributed by atoms with Gasteiger partial charge in [0.05, 0.1) is 0 Å². The molecule has 0 saturated heterocycles. The molecule has 260 valence electrons. The van der Waals surface area contributed by atoms with Crippen molar-refractivity contribution in [3.8, 4) is 45.0 Å². The van der Waals surface area contributed by atoms with Crippen molar-refractivity contribution in [1.82, 2.24) is 15.0 Å². The van der Waals surface area contributed by atoms with Crippen molar-refractivity contribution >= 4 is 55.3 Å². The average Bonchev–Trinajstić information content (AvgIpc) is 3.83. The predicted molar refractivity (Wildman–Crippen MR) is 223 cm³/mol. The van der Waals surface area contributed by atoms with Gasteiger partial charge in [0, 0.05) is 44.0 Å². The molecule has 3 heterocycles. The Kier molecular flexibility index (Phi) is 7.14. The van der Waals surface area contributed by atoms with Gasteiger partial charge in [-0.15, -0.1) is 0 Å². The number of rotatable bonds is 5. The van der Waals surface area contributed by atoms with Gasteiger partial charge in [-0.2, -0.15) is 0 Å². The zero-order valence-corrected chi connectivity index (χ0v) is 30.0. The van der Waals surface area contributed by atoms with Crippen LogP contribution in [0.3, 0.4) is 0 Å². The van der Waals surface area contributed by atoms with Gasteiger partial charge in [0.25, 0.3) is 0 Å². The van der Waals surface area contributed by atoms with Crippen molar-refractivity contribution in [3.05, 3.63) is 175 Å². The molecule has 0 aliphatic heterocycles. The summed E-state index contributed by atoms with van der Waals surface area (Å²) in [5.41, 5.74) is 11.0. The van der Waals surface area contributed by atoms with E-state index in [1.807, 2.05) is 30.3 Å². The molecule has 0 radical (unpaired) electrons. The number of benzene rings is 7. The smallest absolute Gasteiger partial charge is 0.164 e. The predicted octanol–water partition coefficient (Wildman–Crippen LogP) is 13.4. The van der Waals surface area contributed by atoms with E-state index in [-0.39, 0.29) is 5.92 Å². The maximum atomic E-state index is 6.74. The first-order chi connectivity index (χ1) is 27.2. The molecule has 0 saturated carbocycles. The second kappa shape index (κ2) is 12.5. The Bertz CT molecular complexity index is 3150. The summed E-state index contributed by atoms with van der Waals surface area (Å²) in [6.45, 7) is 2.25. The Hall–Kier alpha value is -7.11. The van der Waals surface area contributed by atoms with Gasteiger partial charge >= 0.3 is 0 Å². The van der Waals surface area contributed by atoms with E-state index in [0.29, 0.717) is 17.5 Å². The highest BCUT2D eigenvalue weighted by atomic mass is 16.3. The maximum absolute atomic E-state index is 6.74. The lowest BCUT2D eigenvalue weighted by Gasteiger charge is -2.19. The van der Waals surface area contributed by atoms with Crippen LogP contribution in [0.25, 0.3) is 100 Å². The van der Waals surface area contributed by atoms with Crippen molar-refractivity contribution in [2.75, 3.05) is 0 Å². The second-order valence-electron chi connectivity index (χ2n) is 14.4. The van der Waals surface area contributed by atoms with Gasteiger partial charge in [-0.1, -0.05) is 146 Å². The third-order valence-electron chi connectivity index (χ3n) is 11.0. The highest BCUT2D eigenvalue weighted by molar-refractivity contribution is 6.16. The molecular weight excluding hydrogens is 675 g/mol. The quantitative estimate of drug-likeness (QED) is 0.178. The number of para-hydroxylation sites is 2. The minimum absolute atomic E-state index is 0.234. The van der Waals surface area contributed by atoms with Crippen LogP contribution in [0, 0.1) is 0 Å². The molecule has 55 heavy (non-hydrogen) atoms. The lowest BCUT2D eigenvalue weighted by atomic mass is 9.86. The maximum Gasteiger partial charge on any atom is 0.164 e. The van der Waals surface area contributed by atoms with E-state index >= 15 is 0 Å². The van der Waals surface area contributed by atoms with E-state index in [4.69, 9.17) is 23.8 Å². The monoisotopic (exact) mass is 707 g/mol. The van der Waals surface area contributed by atoms with Gasteiger partial charge in [0.2, 0.25) is 0 Å². The Morgan fingerprint density at radius 2 is 1.16 bits per heavy atom. The molecule has 3 aromatic heterocycles. The van der Waals surface area contributed by atoms with Crippen LogP contribution >= 0.6 is 0 Å². The molecule has 5 nitrogen and oxygen atoms in total. The van der Waals surface area contributed by atoms with Crippen molar-refractivity contribution in [3.63, 3.8) is 0 Å². The molecular formula is C50H33N3O2. The Labute approximate surface area is 317 Å². The summed E-state index contributed by atoms with van der Waals surface area (Å²) in [4.78, 5) is 15.5. The van der Waals surface area contributed by atoms with Crippen molar-refractivity contribution < 1.29 is 8.83 Å². The Balaban J connectivity index is 1.09. The number of nitrogens with zero attached hydrogens (tertiary/aromatic N) is 3. The number of furan rings is 2. The van der Waals surface area contributed by atoms with E-state index in [1.165, 1.54) is 21.7 Å². The summed E-state index contributed by atoms with van der Waals surface area (Å²) in [5.74, 6) is 3.01. The molecule has 0 N–H and O–H groups in total. The summed E-state index contributed by atoms with van der Waals surface area (Å²) in [6.07, 6.45) is 2.91. The van der Waals surface area contributed by atoms with E-state index in [1.54, 1.807) is 0 Å². The lowest BCUT2D eigenvalue weighted by Crippen LogP contribution is -2.08. The highest BCUT2D eigenvalue weighted by Gasteiger charge is 2.27. The first kappa shape index (κ1) is 31.4. The highest BCUT2D eigenvalue weighted by Crippen LogP contribution is 2.45. The normalized spacial score (nSPS) is 14.1. The van der Waals surface area contributed by atoms with E-state index in [0.717, 1.165) is 78.7 Å². The molecule has 1 aliphatic carbocycles. The fourth-order valence-corrected chi connectivity index (χ4v) is 8.43. The van der Waals surface area contributed by atoms with E-state index in [9.17, 15) is 0 Å². The van der Waals surface area contributed by atoms with Crippen LogP contribution < -0.4 is 0 Å². The van der Waals surface area contributed by atoms with Gasteiger partial charge in [-0.25, -0.2) is 15.0 Å². The summed E-state index contributed by atoms with van der Waals surface area (Å²) in [6, 6.07) is 54.6. The number of allylic oxidation sites excluding steroid dienone is 1. The first-order valence-electron chi connectivity index (χ1n) is 18.7. The van der Waals surface area contributed by atoms with Crippen LogP contribution in [-0.2, 0) is 0 Å². The number of aromatic nitrogens is 3. The lowest BCUT2D eigenvalue weighted by molar-refractivity contribution is 0.587. The van der Waals surface area contributed by atoms with Gasteiger partial charge in [0.1, 0.15) is 22.5 Å². The molecule has 1 atom stereocenters. The van der Waals surface area contributed by atoms with E-state index < -0.39 is 0 Å². The Morgan fingerprint density at radius 3 is 2.07 bits per heavy atom. The van der Waals surface area contributed by atoms with Gasteiger partial charge in [0.15, 0.2) is 17.5 Å². The molecule has 1 aliphatic rings. The van der Waals surface area contributed by atoms with Crippen LogP contribution in [0.4, 0.5) is 0 Å². The molecule has 0 bridgehead atoms. The number of hydrogen-bond donors (Lipinski definition) is 0. The van der Waals surface area contributed by atoms with Gasteiger partial charge in [-0.3, -0.25) is 0 Å². The van der Waals surface area contributed by atoms with Crippen LogP contribution in [0.5, 0.6) is 0 Å². The molecule has 0 amide bonds. The fourth-order valence-electron chi connectivity index (χ4n) is 8.43.